The van der Waals surface area contributed by atoms with Gasteiger partial charge in [0.05, 0.1) is 6.54 Å². The fourth-order valence-electron chi connectivity index (χ4n) is 3.53. The molecule has 156 valence electrons. The lowest BCUT2D eigenvalue weighted by Crippen LogP contribution is -2.48. The lowest BCUT2D eigenvalue weighted by atomic mass is 10.2. The molecule has 0 amide bonds. The van der Waals surface area contributed by atoms with Gasteiger partial charge in [0.1, 0.15) is 0 Å². The quantitative estimate of drug-likeness (QED) is 0.608. The molecule has 28 heavy (non-hydrogen) atoms. The first-order chi connectivity index (χ1) is 13.0. The smallest absolute Gasteiger partial charge is 0.301 e. The van der Waals surface area contributed by atoms with Crippen LogP contribution < -0.4 is 10.6 Å². The van der Waals surface area contributed by atoms with E-state index in [4.69, 9.17) is 0 Å². The number of nitrogens with zero attached hydrogens (tertiary/aromatic N) is 4. The minimum absolute atomic E-state index is 0. The van der Waals surface area contributed by atoms with Gasteiger partial charge < -0.3 is 4.90 Å². The molecule has 2 aromatic rings. The van der Waals surface area contributed by atoms with E-state index in [1.807, 2.05) is 30.3 Å². The summed E-state index contributed by atoms with van der Waals surface area (Å²) in [6.07, 6.45) is 1.98. The molecule has 1 fully saturated rings. The standard InChI is InChI=1S/C20H30N4O2S.ClH/c1-17(2)22-14-12-21(13-15-22)10-6-7-11-24-19(25)23(20(26)27-24)16-18-8-4-3-5-9-18;/h3-5,8-9,17H,6-7,10-16H2,1-2H3;1H. The van der Waals surface area contributed by atoms with E-state index in [1.165, 1.54) is 4.57 Å². The summed E-state index contributed by atoms with van der Waals surface area (Å²) < 4.78 is 2.95. The molecule has 1 saturated heterocycles. The summed E-state index contributed by atoms with van der Waals surface area (Å²) in [6, 6.07) is 10.3. The second kappa shape index (κ2) is 11.0. The molecular weight excluding hydrogens is 396 g/mol. The molecule has 6 nitrogen and oxygen atoms in total. The largest absolute Gasteiger partial charge is 0.341 e. The number of aromatic nitrogens is 2. The van der Waals surface area contributed by atoms with Crippen LogP contribution in [0.4, 0.5) is 0 Å². The molecule has 0 N–H and O–H groups in total. The molecule has 8 heteroatoms. The maximum Gasteiger partial charge on any atom is 0.341 e. The van der Waals surface area contributed by atoms with E-state index in [0.717, 1.165) is 62.7 Å². The van der Waals surface area contributed by atoms with Gasteiger partial charge in [-0.1, -0.05) is 30.3 Å². The molecule has 0 atom stereocenters. The molecule has 0 aliphatic carbocycles. The Morgan fingerprint density at radius 3 is 2.25 bits per heavy atom. The number of piperazine rings is 1. The summed E-state index contributed by atoms with van der Waals surface area (Å²) in [5, 5.41) is 0. The van der Waals surface area contributed by atoms with Crippen LogP contribution in [-0.4, -0.2) is 57.1 Å². The summed E-state index contributed by atoms with van der Waals surface area (Å²) >= 11 is 1.04. The minimum atomic E-state index is -0.181. The second-order valence-electron chi connectivity index (χ2n) is 7.49. The van der Waals surface area contributed by atoms with Crippen LogP contribution in [0, 0.1) is 0 Å². The number of hydrogen-bond acceptors (Lipinski definition) is 5. The molecule has 3 rings (SSSR count). The van der Waals surface area contributed by atoms with Gasteiger partial charge in [-0.2, -0.15) is 0 Å². The second-order valence-corrected chi connectivity index (χ2v) is 8.46. The topological polar surface area (TPSA) is 50.5 Å². The van der Waals surface area contributed by atoms with Crippen LogP contribution in [0.15, 0.2) is 39.9 Å². The Bertz CT molecular complexity index is 823. The molecule has 0 bridgehead atoms. The number of benzene rings is 1. The summed E-state index contributed by atoms with van der Waals surface area (Å²) in [6.45, 7) is 11.1. The van der Waals surface area contributed by atoms with Crippen LogP contribution in [0.5, 0.6) is 0 Å². The lowest BCUT2D eigenvalue weighted by Gasteiger charge is -2.36. The third kappa shape index (κ3) is 6.04. The van der Waals surface area contributed by atoms with Gasteiger partial charge in [-0.05, 0) is 38.8 Å². The summed E-state index contributed by atoms with van der Waals surface area (Å²) in [5.74, 6) is 0. The highest BCUT2D eigenvalue weighted by atomic mass is 35.5. The van der Waals surface area contributed by atoms with Crippen molar-refractivity contribution in [3.05, 3.63) is 56.0 Å². The van der Waals surface area contributed by atoms with E-state index >= 15 is 0 Å². The zero-order valence-electron chi connectivity index (χ0n) is 16.7. The first-order valence-corrected chi connectivity index (χ1v) is 10.6. The first kappa shape index (κ1) is 22.9. The van der Waals surface area contributed by atoms with Crippen molar-refractivity contribution in [1.29, 1.82) is 0 Å². The van der Waals surface area contributed by atoms with Gasteiger partial charge in [-0.25, -0.2) is 13.3 Å². The van der Waals surface area contributed by atoms with Crippen molar-refractivity contribution in [2.75, 3.05) is 32.7 Å². The van der Waals surface area contributed by atoms with E-state index in [2.05, 4.69) is 23.6 Å². The minimum Gasteiger partial charge on any atom is -0.301 e. The van der Waals surface area contributed by atoms with E-state index in [9.17, 15) is 9.59 Å². The molecule has 1 aromatic heterocycles. The first-order valence-electron chi connectivity index (χ1n) is 9.86. The van der Waals surface area contributed by atoms with Crippen molar-refractivity contribution < 1.29 is 0 Å². The summed E-state index contributed by atoms with van der Waals surface area (Å²) in [5.41, 5.74) is 0.793. The molecule has 1 aliphatic rings. The highest BCUT2D eigenvalue weighted by molar-refractivity contribution is 7.03. The van der Waals surface area contributed by atoms with Gasteiger partial charge in [0, 0.05) is 50.3 Å². The SMILES string of the molecule is CC(C)N1CCN(CCCCn2sc(=O)n(Cc3ccccc3)c2=O)CC1.Cl. The van der Waals surface area contributed by atoms with E-state index in [1.54, 1.807) is 3.96 Å². The van der Waals surface area contributed by atoms with Crippen LogP contribution in [0.3, 0.4) is 0 Å². The van der Waals surface area contributed by atoms with Gasteiger partial charge in [-0.15, -0.1) is 12.4 Å². The van der Waals surface area contributed by atoms with Crippen molar-refractivity contribution >= 4 is 23.9 Å². The van der Waals surface area contributed by atoms with E-state index in [0.29, 0.717) is 19.1 Å². The van der Waals surface area contributed by atoms with Crippen LogP contribution >= 0.6 is 23.9 Å². The lowest BCUT2D eigenvalue weighted by molar-refractivity contribution is 0.107. The number of halogens is 1. The molecular formula is C20H31ClN4O2S. The van der Waals surface area contributed by atoms with E-state index < -0.39 is 0 Å². The molecule has 0 saturated carbocycles. The maximum absolute atomic E-state index is 12.5. The van der Waals surface area contributed by atoms with Crippen molar-refractivity contribution in [3.8, 4) is 0 Å². The number of hydrogen-bond donors (Lipinski definition) is 0. The summed E-state index contributed by atoms with van der Waals surface area (Å²) in [4.78, 5) is 29.5. The number of unbranched alkanes of at least 4 members (excludes halogenated alkanes) is 1. The van der Waals surface area contributed by atoms with Crippen LogP contribution in [-0.2, 0) is 13.1 Å². The van der Waals surface area contributed by atoms with Gasteiger partial charge >= 0.3 is 10.6 Å². The Hall–Kier alpha value is -1.41. The van der Waals surface area contributed by atoms with Gasteiger partial charge in [0.25, 0.3) is 0 Å². The average Bonchev–Trinajstić information content (AvgIpc) is 2.94. The van der Waals surface area contributed by atoms with Crippen molar-refractivity contribution in [2.24, 2.45) is 0 Å². The Morgan fingerprint density at radius 1 is 0.964 bits per heavy atom. The number of aryl methyl sites for hydroxylation is 1. The normalized spacial score (nSPS) is 15.7. The molecule has 1 aliphatic heterocycles. The summed E-state index contributed by atoms with van der Waals surface area (Å²) in [7, 11) is 0. The predicted octanol–water partition coefficient (Wildman–Crippen LogP) is 2.35. The Morgan fingerprint density at radius 2 is 1.61 bits per heavy atom. The fourth-order valence-corrected chi connectivity index (χ4v) is 4.36. The van der Waals surface area contributed by atoms with E-state index in [-0.39, 0.29) is 23.0 Å². The van der Waals surface area contributed by atoms with Crippen molar-refractivity contribution in [3.63, 3.8) is 0 Å². The molecule has 2 heterocycles. The van der Waals surface area contributed by atoms with Gasteiger partial charge in [-0.3, -0.25) is 9.69 Å². The third-order valence-electron chi connectivity index (χ3n) is 5.26. The fraction of sp³-hybridized carbons (Fsp3) is 0.600. The Kier molecular flexibility index (Phi) is 8.95. The Balaban J connectivity index is 0.00000280. The maximum atomic E-state index is 12.5. The molecule has 0 unspecified atom stereocenters. The van der Waals surface area contributed by atoms with Crippen LogP contribution in [0.1, 0.15) is 32.3 Å². The molecule has 0 radical (unpaired) electrons. The molecule has 1 aromatic carbocycles. The van der Waals surface area contributed by atoms with Crippen LogP contribution in [0.25, 0.3) is 0 Å². The van der Waals surface area contributed by atoms with Crippen LogP contribution in [0.2, 0.25) is 0 Å². The Labute approximate surface area is 176 Å². The third-order valence-corrected chi connectivity index (χ3v) is 6.19. The predicted molar refractivity (Wildman–Crippen MR) is 118 cm³/mol. The zero-order valence-corrected chi connectivity index (χ0v) is 18.4. The molecule has 0 spiro atoms. The van der Waals surface area contributed by atoms with Crippen molar-refractivity contribution in [1.82, 2.24) is 18.3 Å². The van der Waals surface area contributed by atoms with Gasteiger partial charge in [0.15, 0.2) is 0 Å². The highest BCUT2D eigenvalue weighted by Crippen LogP contribution is 2.07. The zero-order chi connectivity index (χ0) is 19.2. The van der Waals surface area contributed by atoms with Gasteiger partial charge in [0.2, 0.25) is 0 Å². The monoisotopic (exact) mass is 426 g/mol. The van der Waals surface area contributed by atoms with Crippen molar-refractivity contribution in [2.45, 2.75) is 45.8 Å². The number of rotatable bonds is 8. The average molecular weight is 427 g/mol. The highest BCUT2D eigenvalue weighted by Gasteiger charge is 2.18.